The van der Waals surface area contributed by atoms with Crippen molar-refractivity contribution in [3.05, 3.63) is 35.9 Å². The van der Waals surface area contributed by atoms with E-state index in [0.717, 1.165) is 0 Å². The number of hydrogen-bond donors (Lipinski definition) is 2. The largest absolute Gasteiger partial charge is 0.481 e. The molecule has 0 radical (unpaired) electrons. The first-order valence-electron chi connectivity index (χ1n) is 5.59. The van der Waals surface area contributed by atoms with Crippen LogP contribution in [0.1, 0.15) is 16.8 Å². The highest BCUT2D eigenvalue weighted by Crippen LogP contribution is 2.19. The van der Waals surface area contributed by atoms with Crippen molar-refractivity contribution in [2.45, 2.75) is 6.42 Å². The van der Waals surface area contributed by atoms with Crippen LogP contribution in [-0.4, -0.2) is 29.7 Å². The van der Waals surface area contributed by atoms with E-state index in [1.54, 1.807) is 18.2 Å². The normalized spacial score (nSPS) is 13.6. The third-order valence-electron chi connectivity index (χ3n) is 2.71. The van der Waals surface area contributed by atoms with Crippen molar-refractivity contribution in [2.24, 2.45) is 17.6 Å². The highest BCUT2D eigenvalue weighted by atomic mass is 16.4. The molecule has 2 unspecified atom stereocenters. The van der Waals surface area contributed by atoms with Gasteiger partial charge in [0.05, 0.1) is 0 Å². The van der Waals surface area contributed by atoms with E-state index >= 15 is 0 Å². The fourth-order valence-electron chi connectivity index (χ4n) is 1.78. The molecule has 96 valence electrons. The second-order valence-electron chi connectivity index (χ2n) is 3.92. The number of carboxylic acids is 1. The summed E-state index contributed by atoms with van der Waals surface area (Å²) in [5.74, 6) is -4.11. The van der Waals surface area contributed by atoms with Crippen molar-refractivity contribution in [1.29, 1.82) is 0 Å². The van der Waals surface area contributed by atoms with Crippen molar-refractivity contribution in [2.75, 3.05) is 6.54 Å². The van der Waals surface area contributed by atoms with Crippen LogP contribution < -0.4 is 5.73 Å². The van der Waals surface area contributed by atoms with Gasteiger partial charge in [-0.3, -0.25) is 9.59 Å². The molecule has 1 aromatic rings. The molecule has 0 fully saturated rings. The molecule has 0 aliphatic carbocycles. The molecule has 5 heteroatoms. The van der Waals surface area contributed by atoms with Crippen LogP contribution in [-0.2, 0) is 9.59 Å². The molecule has 5 nitrogen and oxygen atoms in total. The van der Waals surface area contributed by atoms with E-state index in [9.17, 15) is 14.4 Å². The lowest BCUT2D eigenvalue weighted by Gasteiger charge is -2.17. The number of hydrogen-bond acceptors (Lipinski definition) is 4. The number of Topliss-reactive ketones (excluding diaryl/α,β-unsaturated/α-hetero) is 1. The Labute approximate surface area is 105 Å². The summed E-state index contributed by atoms with van der Waals surface area (Å²) in [5.41, 5.74) is 5.60. The number of carbonyl (C=O) groups excluding carboxylic acids is 2. The van der Waals surface area contributed by atoms with E-state index in [-0.39, 0.29) is 18.5 Å². The van der Waals surface area contributed by atoms with Gasteiger partial charge in [-0.1, -0.05) is 30.3 Å². The van der Waals surface area contributed by atoms with Crippen LogP contribution in [0.4, 0.5) is 0 Å². The molecule has 3 N–H and O–H groups in total. The number of carboxylic acid groups (broad SMARTS) is 1. The predicted octanol–water partition coefficient (Wildman–Crippen LogP) is 0.734. The van der Waals surface area contributed by atoms with Crippen LogP contribution in [0, 0.1) is 11.8 Å². The van der Waals surface area contributed by atoms with Crippen LogP contribution in [0.25, 0.3) is 0 Å². The Morgan fingerprint density at radius 2 is 1.89 bits per heavy atom. The number of carbonyl (C=O) groups is 3. The van der Waals surface area contributed by atoms with Crippen molar-refractivity contribution in [3.63, 3.8) is 0 Å². The Hall–Kier alpha value is -2.01. The van der Waals surface area contributed by atoms with Gasteiger partial charge in [0, 0.05) is 11.5 Å². The highest BCUT2D eigenvalue weighted by molar-refractivity contribution is 6.09. The summed E-state index contributed by atoms with van der Waals surface area (Å²) >= 11 is 0. The minimum Gasteiger partial charge on any atom is -0.481 e. The average molecular weight is 249 g/mol. The van der Waals surface area contributed by atoms with Crippen molar-refractivity contribution in [3.8, 4) is 0 Å². The zero-order valence-corrected chi connectivity index (χ0v) is 9.78. The minimum absolute atomic E-state index is 0.162. The fraction of sp³-hybridized carbons (Fsp3) is 0.308. The maximum absolute atomic E-state index is 12.1. The number of benzene rings is 1. The smallest absolute Gasteiger partial charge is 0.315 e. The van der Waals surface area contributed by atoms with E-state index in [4.69, 9.17) is 10.8 Å². The molecule has 2 atom stereocenters. The third kappa shape index (κ3) is 3.24. The molecule has 0 aromatic heterocycles. The SMILES string of the molecule is NCCC(C=O)C(C(=O)O)C(=O)c1ccccc1. The van der Waals surface area contributed by atoms with Gasteiger partial charge in [-0.2, -0.15) is 0 Å². The molecular formula is C13H15NO4. The lowest BCUT2D eigenvalue weighted by atomic mass is 9.84. The molecule has 0 bridgehead atoms. The molecule has 1 rings (SSSR count). The Balaban J connectivity index is 3.02. The topological polar surface area (TPSA) is 97.5 Å². The maximum Gasteiger partial charge on any atom is 0.315 e. The Morgan fingerprint density at radius 1 is 1.28 bits per heavy atom. The lowest BCUT2D eigenvalue weighted by Crippen LogP contribution is -2.33. The molecule has 0 aliphatic heterocycles. The second kappa shape index (κ2) is 6.66. The summed E-state index contributed by atoms with van der Waals surface area (Å²) in [7, 11) is 0. The van der Waals surface area contributed by atoms with Gasteiger partial charge in [0.1, 0.15) is 12.2 Å². The third-order valence-corrected chi connectivity index (χ3v) is 2.71. The van der Waals surface area contributed by atoms with Crippen LogP contribution >= 0.6 is 0 Å². The van der Waals surface area contributed by atoms with Crippen molar-refractivity contribution < 1.29 is 19.5 Å². The van der Waals surface area contributed by atoms with E-state index in [1.165, 1.54) is 12.1 Å². The van der Waals surface area contributed by atoms with Gasteiger partial charge in [-0.25, -0.2) is 0 Å². The number of ketones is 1. The first-order chi connectivity index (χ1) is 8.61. The summed E-state index contributed by atoms with van der Waals surface area (Å²) in [4.78, 5) is 34.2. The van der Waals surface area contributed by atoms with Gasteiger partial charge in [0.2, 0.25) is 0 Å². The zero-order chi connectivity index (χ0) is 13.5. The molecule has 0 saturated heterocycles. The second-order valence-corrected chi connectivity index (χ2v) is 3.92. The van der Waals surface area contributed by atoms with Gasteiger partial charge in [0.25, 0.3) is 0 Å². The molecule has 0 heterocycles. The molecule has 0 amide bonds. The van der Waals surface area contributed by atoms with Crippen LogP contribution in [0.15, 0.2) is 30.3 Å². The van der Waals surface area contributed by atoms with E-state index in [2.05, 4.69) is 0 Å². The lowest BCUT2D eigenvalue weighted by molar-refractivity contribution is -0.143. The molecule has 0 spiro atoms. The molecule has 0 saturated carbocycles. The monoisotopic (exact) mass is 249 g/mol. The van der Waals surface area contributed by atoms with E-state index < -0.39 is 23.6 Å². The first kappa shape index (κ1) is 14.1. The van der Waals surface area contributed by atoms with E-state index in [0.29, 0.717) is 6.29 Å². The molecule has 0 aliphatic rings. The Morgan fingerprint density at radius 3 is 2.33 bits per heavy atom. The number of nitrogens with two attached hydrogens (primary N) is 1. The molecular weight excluding hydrogens is 234 g/mol. The van der Waals surface area contributed by atoms with E-state index in [1.807, 2.05) is 0 Å². The Kier molecular flexibility index (Phi) is 5.20. The summed E-state index contributed by atoms with van der Waals surface area (Å²) in [6, 6.07) is 8.07. The number of rotatable bonds is 7. The van der Waals surface area contributed by atoms with Gasteiger partial charge < -0.3 is 15.6 Å². The standard InChI is InChI=1S/C13H15NO4/c14-7-6-10(8-15)11(13(17)18)12(16)9-4-2-1-3-5-9/h1-5,8,10-11H,6-7,14H2,(H,17,18). The molecule has 18 heavy (non-hydrogen) atoms. The minimum atomic E-state index is -1.37. The summed E-state index contributed by atoms with van der Waals surface area (Å²) in [6.45, 7) is 0.162. The van der Waals surface area contributed by atoms with Crippen molar-refractivity contribution in [1.82, 2.24) is 0 Å². The van der Waals surface area contributed by atoms with Crippen molar-refractivity contribution >= 4 is 18.0 Å². The average Bonchev–Trinajstić information content (AvgIpc) is 2.38. The molecule has 1 aromatic carbocycles. The van der Waals surface area contributed by atoms with Gasteiger partial charge in [0.15, 0.2) is 5.78 Å². The quantitative estimate of drug-likeness (QED) is 0.422. The highest BCUT2D eigenvalue weighted by Gasteiger charge is 2.34. The van der Waals surface area contributed by atoms with Crippen LogP contribution in [0.2, 0.25) is 0 Å². The van der Waals surface area contributed by atoms with Gasteiger partial charge in [-0.05, 0) is 13.0 Å². The summed E-state index contributed by atoms with van der Waals surface area (Å²) in [5, 5.41) is 9.11. The van der Waals surface area contributed by atoms with Crippen LogP contribution in [0.3, 0.4) is 0 Å². The predicted molar refractivity (Wildman–Crippen MR) is 65.1 cm³/mol. The maximum atomic E-state index is 12.1. The fourth-order valence-corrected chi connectivity index (χ4v) is 1.78. The first-order valence-corrected chi connectivity index (χ1v) is 5.59. The summed E-state index contributed by atoms with van der Waals surface area (Å²) < 4.78 is 0. The zero-order valence-electron chi connectivity index (χ0n) is 9.78. The number of aliphatic carboxylic acids is 1. The van der Waals surface area contributed by atoms with Gasteiger partial charge >= 0.3 is 5.97 Å². The number of aldehydes is 1. The van der Waals surface area contributed by atoms with Gasteiger partial charge in [-0.15, -0.1) is 0 Å². The Bertz CT molecular complexity index is 430. The summed E-state index contributed by atoms with van der Waals surface area (Å²) in [6.07, 6.45) is 0.672. The van der Waals surface area contributed by atoms with Crippen LogP contribution in [0.5, 0.6) is 0 Å².